The molecule has 0 unspecified atom stereocenters. The lowest BCUT2D eigenvalue weighted by molar-refractivity contribution is -0.123. The van der Waals surface area contributed by atoms with Crippen LogP contribution in [0.5, 0.6) is 0 Å². The van der Waals surface area contributed by atoms with Gasteiger partial charge in [-0.2, -0.15) is 0 Å². The summed E-state index contributed by atoms with van der Waals surface area (Å²) < 4.78 is 0. The summed E-state index contributed by atoms with van der Waals surface area (Å²) in [4.78, 5) is 16.8. The molecule has 0 bridgehead atoms. The van der Waals surface area contributed by atoms with E-state index >= 15 is 0 Å². The van der Waals surface area contributed by atoms with Gasteiger partial charge in [-0.1, -0.05) is 6.08 Å². The average Bonchev–Trinajstić information content (AvgIpc) is 2.15. The third-order valence-electron chi connectivity index (χ3n) is 1.74. The summed E-state index contributed by atoms with van der Waals surface area (Å²) in [5, 5.41) is 0. The molecule has 3 heteroatoms. The molecule has 0 spiro atoms. The summed E-state index contributed by atoms with van der Waals surface area (Å²) in [7, 11) is 3.46. The molecular weight excluding hydrogens is 164 g/mol. The molecule has 0 aromatic heterocycles. The molecule has 0 N–H and O–H groups in total. The number of likely N-dealkylation sites (N-methyl/N-ethyl adjacent to an activating group) is 1. The van der Waals surface area contributed by atoms with Gasteiger partial charge in [0.25, 0.3) is 0 Å². The summed E-state index contributed by atoms with van der Waals surface area (Å²) in [5.74, 6) is -0.000117. The molecule has 0 aliphatic carbocycles. The first-order valence-corrected chi connectivity index (χ1v) is 4.29. The third-order valence-corrected chi connectivity index (χ3v) is 1.74. The van der Waals surface area contributed by atoms with E-state index in [1.54, 1.807) is 32.5 Å². The van der Waals surface area contributed by atoms with Gasteiger partial charge in [-0.25, -0.2) is 0 Å². The first-order chi connectivity index (χ1) is 6.20. The smallest absolute Gasteiger partial charge is 0.246 e. The zero-order chi connectivity index (χ0) is 9.68. The Morgan fingerprint density at radius 3 is 2.92 bits per heavy atom. The lowest BCUT2D eigenvalue weighted by atomic mass is 10.2. The third kappa shape index (κ3) is 3.23. The van der Waals surface area contributed by atoms with Crippen molar-refractivity contribution in [2.45, 2.75) is 6.42 Å². The molecule has 1 aliphatic rings. The highest BCUT2D eigenvalue weighted by molar-refractivity contribution is 5.91. The zero-order valence-electron chi connectivity index (χ0n) is 8.03. The number of nitrogens with zero attached hydrogens (tertiary/aromatic N) is 2. The van der Waals surface area contributed by atoms with E-state index in [1.807, 2.05) is 0 Å². The largest absolute Gasteiger partial charge is 0.345 e. The number of amides is 1. The van der Waals surface area contributed by atoms with Crippen LogP contribution in [-0.4, -0.2) is 37.7 Å². The van der Waals surface area contributed by atoms with Crippen LogP contribution < -0.4 is 0 Å². The molecule has 70 valence electrons. The molecule has 13 heavy (non-hydrogen) atoms. The highest BCUT2D eigenvalue weighted by atomic mass is 16.2. The van der Waals surface area contributed by atoms with Crippen LogP contribution >= 0.6 is 0 Å². The average molecular weight is 178 g/mol. The van der Waals surface area contributed by atoms with Crippen molar-refractivity contribution in [2.24, 2.45) is 4.99 Å². The summed E-state index contributed by atoms with van der Waals surface area (Å²) >= 11 is 0. The molecule has 0 atom stereocenters. The molecule has 1 amide bonds. The zero-order valence-corrected chi connectivity index (χ0v) is 8.03. The van der Waals surface area contributed by atoms with Crippen molar-refractivity contribution in [3.63, 3.8) is 0 Å². The minimum Gasteiger partial charge on any atom is -0.345 e. The van der Waals surface area contributed by atoms with Crippen LogP contribution in [0.4, 0.5) is 0 Å². The Hall–Kier alpha value is -1.38. The summed E-state index contributed by atoms with van der Waals surface area (Å²) in [6.45, 7) is 0.860. The number of allylic oxidation sites excluding steroid dienone is 2. The van der Waals surface area contributed by atoms with Crippen molar-refractivity contribution in [2.75, 3.05) is 20.6 Å². The fourth-order valence-electron chi connectivity index (χ4n) is 0.956. The lowest BCUT2D eigenvalue weighted by Gasteiger charge is -2.05. The van der Waals surface area contributed by atoms with Crippen LogP contribution in [0, 0.1) is 0 Å². The molecule has 0 aromatic carbocycles. The SMILES string of the molecule is CN(C)C(=O)C=CC1=CCCN=C1. The molecule has 1 aliphatic heterocycles. The van der Waals surface area contributed by atoms with Crippen LogP contribution in [0.1, 0.15) is 6.42 Å². The predicted molar refractivity (Wildman–Crippen MR) is 53.9 cm³/mol. The van der Waals surface area contributed by atoms with E-state index in [-0.39, 0.29) is 5.91 Å². The molecule has 0 aromatic rings. The van der Waals surface area contributed by atoms with Crippen LogP contribution in [0.3, 0.4) is 0 Å². The van der Waals surface area contributed by atoms with Crippen LogP contribution in [0.15, 0.2) is 28.8 Å². The molecule has 0 fully saturated rings. The Balaban J connectivity index is 2.52. The molecule has 1 heterocycles. The van der Waals surface area contributed by atoms with Crippen LogP contribution in [-0.2, 0) is 4.79 Å². The van der Waals surface area contributed by atoms with E-state index in [4.69, 9.17) is 0 Å². The number of carbonyl (C=O) groups is 1. The molecule has 0 radical (unpaired) electrons. The molecule has 3 nitrogen and oxygen atoms in total. The maximum Gasteiger partial charge on any atom is 0.246 e. The van der Waals surface area contributed by atoms with Gasteiger partial charge in [0.2, 0.25) is 5.91 Å². The van der Waals surface area contributed by atoms with E-state index in [0.29, 0.717) is 0 Å². The van der Waals surface area contributed by atoms with Gasteiger partial charge in [-0.3, -0.25) is 9.79 Å². The van der Waals surface area contributed by atoms with Crippen LogP contribution in [0.25, 0.3) is 0 Å². The highest BCUT2D eigenvalue weighted by Gasteiger charge is 1.98. The monoisotopic (exact) mass is 178 g/mol. The van der Waals surface area contributed by atoms with Gasteiger partial charge < -0.3 is 4.90 Å². The van der Waals surface area contributed by atoms with Gasteiger partial charge in [0.1, 0.15) is 0 Å². The van der Waals surface area contributed by atoms with Gasteiger partial charge in [0, 0.05) is 32.9 Å². The molecule has 0 saturated heterocycles. The Kier molecular flexibility index (Phi) is 3.43. The maximum absolute atomic E-state index is 11.2. The topological polar surface area (TPSA) is 32.7 Å². The lowest BCUT2D eigenvalue weighted by Crippen LogP contribution is -2.18. The van der Waals surface area contributed by atoms with Crippen molar-refractivity contribution < 1.29 is 4.79 Å². The fourth-order valence-corrected chi connectivity index (χ4v) is 0.956. The Bertz CT molecular complexity index is 275. The normalized spacial score (nSPS) is 16.0. The summed E-state index contributed by atoms with van der Waals surface area (Å²) in [5.41, 5.74) is 1.02. The Morgan fingerprint density at radius 1 is 1.62 bits per heavy atom. The van der Waals surface area contributed by atoms with E-state index < -0.39 is 0 Å². The molecular formula is C10H14N2O. The number of hydrogen-bond donors (Lipinski definition) is 0. The predicted octanol–water partition coefficient (Wildman–Crippen LogP) is 1.03. The van der Waals surface area contributed by atoms with Gasteiger partial charge >= 0.3 is 0 Å². The van der Waals surface area contributed by atoms with E-state index in [2.05, 4.69) is 11.1 Å². The van der Waals surface area contributed by atoms with Crippen molar-refractivity contribution >= 4 is 12.1 Å². The molecule has 1 rings (SSSR count). The van der Waals surface area contributed by atoms with Crippen molar-refractivity contribution in [1.29, 1.82) is 0 Å². The number of aliphatic imine (C=N–C) groups is 1. The van der Waals surface area contributed by atoms with Gasteiger partial charge in [-0.05, 0) is 18.1 Å². The highest BCUT2D eigenvalue weighted by Crippen LogP contribution is 2.02. The minimum absolute atomic E-state index is 0.000117. The number of rotatable bonds is 2. The number of dihydropyridines is 1. The van der Waals surface area contributed by atoms with E-state index in [9.17, 15) is 4.79 Å². The molecule has 0 saturated carbocycles. The van der Waals surface area contributed by atoms with Crippen molar-refractivity contribution in [3.8, 4) is 0 Å². The maximum atomic E-state index is 11.2. The van der Waals surface area contributed by atoms with Gasteiger partial charge in [-0.15, -0.1) is 0 Å². The second kappa shape index (κ2) is 4.60. The van der Waals surface area contributed by atoms with E-state index in [0.717, 1.165) is 18.5 Å². The van der Waals surface area contributed by atoms with Crippen molar-refractivity contribution in [3.05, 3.63) is 23.8 Å². The van der Waals surface area contributed by atoms with Crippen LogP contribution in [0.2, 0.25) is 0 Å². The second-order valence-corrected chi connectivity index (χ2v) is 3.09. The van der Waals surface area contributed by atoms with Crippen molar-refractivity contribution in [1.82, 2.24) is 4.90 Å². The Morgan fingerprint density at radius 2 is 2.38 bits per heavy atom. The summed E-state index contributed by atoms with van der Waals surface area (Å²) in [6, 6.07) is 0. The Labute approximate surface area is 78.5 Å². The number of hydrogen-bond acceptors (Lipinski definition) is 2. The fraction of sp³-hybridized carbons (Fsp3) is 0.400. The first kappa shape index (κ1) is 9.71. The van der Waals surface area contributed by atoms with Gasteiger partial charge in [0.05, 0.1) is 0 Å². The number of carbonyl (C=O) groups excluding carboxylic acids is 1. The standard InChI is InChI=1S/C10H14N2O/c1-12(2)10(13)6-5-9-4-3-7-11-8-9/h4-6,8H,3,7H2,1-2H3. The minimum atomic E-state index is -0.000117. The first-order valence-electron chi connectivity index (χ1n) is 4.29. The summed E-state index contributed by atoms with van der Waals surface area (Å²) in [6.07, 6.45) is 8.19. The van der Waals surface area contributed by atoms with E-state index in [1.165, 1.54) is 4.90 Å². The quantitative estimate of drug-likeness (QED) is 0.581. The second-order valence-electron chi connectivity index (χ2n) is 3.09. The van der Waals surface area contributed by atoms with Gasteiger partial charge in [0.15, 0.2) is 0 Å².